The largest absolute Gasteiger partial charge is 0.481 e. The Morgan fingerprint density at radius 3 is 2.52 bits per heavy atom. The first-order valence-electron chi connectivity index (χ1n) is 8.37. The molecule has 4 atom stereocenters. The molecule has 132 valence electrons. The van der Waals surface area contributed by atoms with Gasteiger partial charge in [0, 0.05) is 5.69 Å². The molecule has 0 unspecified atom stereocenters. The number of benzene rings is 1. The van der Waals surface area contributed by atoms with Crippen LogP contribution in [0.15, 0.2) is 36.4 Å². The molecule has 0 radical (unpaired) electrons. The van der Waals surface area contributed by atoms with Crippen molar-refractivity contribution in [3.8, 4) is 0 Å². The number of anilines is 1. The first kappa shape index (κ1) is 17.2. The molecule has 25 heavy (non-hydrogen) atoms. The number of carbonyl (C=O) groups is 3. The Balaban J connectivity index is 1.75. The molecule has 0 aromatic heterocycles. The number of ether oxygens (including phenoxy) is 1. The highest BCUT2D eigenvalue weighted by Gasteiger charge is 2.60. The van der Waals surface area contributed by atoms with Crippen molar-refractivity contribution in [3.63, 3.8) is 0 Å². The van der Waals surface area contributed by atoms with E-state index < -0.39 is 23.3 Å². The fourth-order valence-electron chi connectivity index (χ4n) is 3.98. The number of aliphatic carboxylic acids is 1. The summed E-state index contributed by atoms with van der Waals surface area (Å²) in [4.78, 5) is 36.2. The lowest BCUT2D eigenvalue weighted by Gasteiger charge is -2.33. The molecular weight excluding hydrogens is 322 g/mol. The summed E-state index contributed by atoms with van der Waals surface area (Å²) >= 11 is 0. The van der Waals surface area contributed by atoms with Crippen LogP contribution in [-0.2, 0) is 14.3 Å². The normalized spacial score (nSPS) is 29.4. The maximum atomic E-state index is 12.7. The van der Waals surface area contributed by atoms with Gasteiger partial charge >= 0.3 is 11.9 Å². The smallest absolute Gasteiger partial charge is 0.338 e. The van der Waals surface area contributed by atoms with Gasteiger partial charge in [0.05, 0.1) is 23.5 Å². The van der Waals surface area contributed by atoms with Crippen molar-refractivity contribution >= 4 is 23.5 Å². The molecule has 0 spiro atoms. The standard InChI is InChI=1S/C19H21NO5/c1-3-25-17(22)11-5-8-14(9-6-11)20-16(21)15-12-4-7-13(10-12)19(15,2)18(23)24/h4-9,12-13,15H,3,10H2,1-2H3,(H,20,21)(H,23,24)/t12-,13+,15-,19-/m1/s1. The van der Waals surface area contributed by atoms with Crippen LogP contribution in [0.2, 0.25) is 0 Å². The molecule has 2 bridgehead atoms. The Kier molecular flexibility index (Phi) is 4.37. The Labute approximate surface area is 145 Å². The van der Waals surface area contributed by atoms with Crippen molar-refractivity contribution in [3.05, 3.63) is 42.0 Å². The fourth-order valence-corrected chi connectivity index (χ4v) is 3.98. The maximum Gasteiger partial charge on any atom is 0.338 e. The third-order valence-electron chi connectivity index (χ3n) is 5.37. The molecule has 0 aliphatic heterocycles. The van der Waals surface area contributed by atoms with Gasteiger partial charge in [-0.05, 0) is 56.4 Å². The molecule has 1 aromatic rings. The van der Waals surface area contributed by atoms with Crippen LogP contribution in [0.4, 0.5) is 5.69 Å². The second kappa shape index (κ2) is 6.35. The molecular formula is C19H21NO5. The quantitative estimate of drug-likeness (QED) is 0.633. The second-order valence-corrected chi connectivity index (χ2v) is 6.74. The molecule has 2 aliphatic rings. The van der Waals surface area contributed by atoms with Gasteiger partial charge in [0.15, 0.2) is 0 Å². The van der Waals surface area contributed by atoms with Crippen LogP contribution in [0.5, 0.6) is 0 Å². The molecule has 6 heteroatoms. The molecule has 1 fully saturated rings. The van der Waals surface area contributed by atoms with Crippen molar-refractivity contribution in [2.75, 3.05) is 11.9 Å². The summed E-state index contributed by atoms with van der Waals surface area (Å²) in [7, 11) is 0. The van der Waals surface area contributed by atoms with Crippen molar-refractivity contribution in [2.24, 2.45) is 23.2 Å². The highest BCUT2D eigenvalue weighted by atomic mass is 16.5. The summed E-state index contributed by atoms with van der Waals surface area (Å²) in [6.07, 6.45) is 4.56. The van der Waals surface area contributed by atoms with Crippen molar-refractivity contribution in [1.82, 2.24) is 0 Å². The van der Waals surface area contributed by atoms with Crippen molar-refractivity contribution < 1.29 is 24.2 Å². The SMILES string of the molecule is CCOC(=O)c1ccc(NC(=O)[C@H]2[C@@H]3C=C[C@@H](C3)[C@@]2(C)C(=O)O)cc1. The highest BCUT2D eigenvalue weighted by molar-refractivity contribution is 5.98. The second-order valence-electron chi connectivity index (χ2n) is 6.74. The highest BCUT2D eigenvalue weighted by Crippen LogP contribution is 2.56. The van der Waals surface area contributed by atoms with Crippen molar-refractivity contribution in [1.29, 1.82) is 0 Å². The molecule has 2 aliphatic carbocycles. The number of hydrogen-bond acceptors (Lipinski definition) is 4. The van der Waals surface area contributed by atoms with E-state index in [9.17, 15) is 19.5 Å². The van der Waals surface area contributed by atoms with Gasteiger partial charge in [-0.2, -0.15) is 0 Å². The molecule has 1 aromatic carbocycles. The number of carboxylic acid groups (broad SMARTS) is 1. The van der Waals surface area contributed by atoms with E-state index in [1.807, 2.05) is 12.2 Å². The lowest BCUT2D eigenvalue weighted by Crippen LogP contribution is -2.45. The lowest BCUT2D eigenvalue weighted by atomic mass is 9.69. The number of allylic oxidation sites excluding steroid dienone is 2. The molecule has 0 heterocycles. The zero-order valence-corrected chi connectivity index (χ0v) is 14.2. The van der Waals surface area contributed by atoms with Crippen LogP contribution in [0.1, 0.15) is 30.6 Å². The topological polar surface area (TPSA) is 92.7 Å². The number of esters is 1. The third-order valence-corrected chi connectivity index (χ3v) is 5.37. The van der Waals surface area contributed by atoms with E-state index in [1.165, 1.54) is 0 Å². The Hall–Kier alpha value is -2.63. The van der Waals surface area contributed by atoms with Gasteiger partial charge in [-0.1, -0.05) is 12.2 Å². The minimum Gasteiger partial charge on any atom is -0.481 e. The molecule has 2 N–H and O–H groups in total. The van der Waals surface area contributed by atoms with E-state index in [2.05, 4.69) is 5.32 Å². The third kappa shape index (κ3) is 2.81. The van der Waals surface area contributed by atoms with Crippen LogP contribution in [-0.4, -0.2) is 29.6 Å². The number of hydrogen-bond donors (Lipinski definition) is 2. The van der Waals surface area contributed by atoms with Crippen LogP contribution in [0.25, 0.3) is 0 Å². The summed E-state index contributed by atoms with van der Waals surface area (Å²) in [6, 6.07) is 6.38. The fraction of sp³-hybridized carbons (Fsp3) is 0.421. The van der Waals surface area contributed by atoms with E-state index in [1.54, 1.807) is 38.1 Å². The Bertz CT molecular complexity index is 739. The first-order chi connectivity index (χ1) is 11.9. The molecule has 6 nitrogen and oxygen atoms in total. The Morgan fingerprint density at radius 1 is 1.24 bits per heavy atom. The summed E-state index contributed by atoms with van der Waals surface area (Å²) in [5.74, 6) is -2.43. The monoisotopic (exact) mass is 343 g/mol. The van der Waals surface area contributed by atoms with Crippen LogP contribution < -0.4 is 5.32 Å². The van der Waals surface area contributed by atoms with Crippen LogP contribution >= 0.6 is 0 Å². The van der Waals surface area contributed by atoms with Gasteiger partial charge in [0.2, 0.25) is 5.91 Å². The van der Waals surface area contributed by atoms with E-state index in [0.29, 0.717) is 24.3 Å². The van der Waals surface area contributed by atoms with Gasteiger partial charge in [-0.25, -0.2) is 4.79 Å². The number of rotatable bonds is 5. The lowest BCUT2D eigenvalue weighted by molar-refractivity contribution is -0.155. The maximum absolute atomic E-state index is 12.7. The van der Waals surface area contributed by atoms with Gasteiger partial charge in [0.25, 0.3) is 0 Å². The number of carboxylic acids is 1. The van der Waals surface area contributed by atoms with E-state index in [-0.39, 0.29) is 17.7 Å². The summed E-state index contributed by atoms with van der Waals surface area (Å²) in [5.41, 5.74) is -0.162. The number of fused-ring (bicyclic) bond motifs is 2. The number of carbonyl (C=O) groups excluding carboxylic acids is 2. The molecule has 1 saturated carbocycles. The minimum absolute atomic E-state index is 0.0510. The minimum atomic E-state index is -1.09. The average Bonchev–Trinajstić information content (AvgIpc) is 3.15. The predicted molar refractivity (Wildman–Crippen MR) is 91.0 cm³/mol. The molecule has 3 rings (SSSR count). The van der Waals surface area contributed by atoms with Gasteiger partial charge < -0.3 is 15.2 Å². The van der Waals surface area contributed by atoms with Gasteiger partial charge in [-0.15, -0.1) is 0 Å². The van der Waals surface area contributed by atoms with E-state index >= 15 is 0 Å². The van der Waals surface area contributed by atoms with Crippen LogP contribution in [0, 0.1) is 23.2 Å². The number of amides is 1. The zero-order valence-electron chi connectivity index (χ0n) is 14.2. The van der Waals surface area contributed by atoms with Crippen LogP contribution in [0.3, 0.4) is 0 Å². The number of nitrogens with one attached hydrogen (secondary N) is 1. The molecule has 0 saturated heterocycles. The van der Waals surface area contributed by atoms with E-state index in [4.69, 9.17) is 4.74 Å². The predicted octanol–water partition coefficient (Wildman–Crippen LogP) is 2.71. The first-order valence-corrected chi connectivity index (χ1v) is 8.37. The summed E-state index contributed by atoms with van der Waals surface area (Å²) < 4.78 is 4.92. The van der Waals surface area contributed by atoms with E-state index in [0.717, 1.165) is 0 Å². The summed E-state index contributed by atoms with van der Waals surface area (Å²) in [5, 5.41) is 12.5. The summed E-state index contributed by atoms with van der Waals surface area (Å²) in [6.45, 7) is 3.68. The van der Waals surface area contributed by atoms with Crippen molar-refractivity contribution in [2.45, 2.75) is 20.3 Å². The van der Waals surface area contributed by atoms with Gasteiger partial charge in [0.1, 0.15) is 0 Å². The Morgan fingerprint density at radius 2 is 1.92 bits per heavy atom. The van der Waals surface area contributed by atoms with Gasteiger partial charge in [-0.3, -0.25) is 9.59 Å². The molecule has 1 amide bonds. The average molecular weight is 343 g/mol. The zero-order chi connectivity index (χ0) is 18.2.